The molecule has 1 heterocycles. The number of phenolic OH excluding ortho intramolecular Hbond substituents is 1. The fourth-order valence-electron chi connectivity index (χ4n) is 4.49. The van der Waals surface area contributed by atoms with Crippen molar-refractivity contribution in [3.05, 3.63) is 23.8 Å². The van der Waals surface area contributed by atoms with E-state index >= 15 is 0 Å². The lowest BCUT2D eigenvalue weighted by Gasteiger charge is -2.52. The van der Waals surface area contributed by atoms with Crippen LogP contribution in [0.3, 0.4) is 0 Å². The second kappa shape index (κ2) is 7.74. The van der Waals surface area contributed by atoms with Crippen LogP contribution in [-0.4, -0.2) is 46.6 Å². The Morgan fingerprint density at radius 2 is 2.08 bits per heavy atom. The molecule has 144 valence electrons. The number of benzene rings is 1. The highest BCUT2D eigenvalue weighted by molar-refractivity contribution is 5.69. The van der Waals surface area contributed by atoms with Gasteiger partial charge in [0, 0.05) is 12.5 Å². The standard InChI is InChI=1S/C20H29NO5/c1-3-25-17-13-14(8-9-16(17)22)18-15-7-5-6-10-20(15,24)11-12-21(18)19(23)26-4-2/h8-9,13,15,18,22,24H,3-7,10-12H2,1-2H3/t15-,18-,20-/m1/s1. The Hall–Kier alpha value is -1.95. The first kappa shape index (κ1) is 18.8. The van der Waals surface area contributed by atoms with Gasteiger partial charge in [0.15, 0.2) is 11.5 Å². The lowest BCUT2D eigenvalue weighted by atomic mass is 9.66. The number of carbonyl (C=O) groups excluding carboxylic acids is 1. The summed E-state index contributed by atoms with van der Waals surface area (Å²) in [6, 6.07) is 4.92. The number of phenols is 1. The molecule has 0 spiro atoms. The van der Waals surface area contributed by atoms with E-state index in [-0.39, 0.29) is 23.8 Å². The predicted molar refractivity (Wildman–Crippen MR) is 97.3 cm³/mol. The number of carbonyl (C=O) groups is 1. The molecule has 1 aliphatic heterocycles. The minimum absolute atomic E-state index is 0.0478. The largest absolute Gasteiger partial charge is 0.504 e. The molecule has 0 radical (unpaired) electrons. The van der Waals surface area contributed by atoms with Crippen LogP contribution in [-0.2, 0) is 4.74 Å². The average Bonchev–Trinajstić information content (AvgIpc) is 2.62. The molecule has 6 nitrogen and oxygen atoms in total. The number of aliphatic hydroxyl groups is 1. The normalized spacial score (nSPS) is 28.3. The zero-order valence-corrected chi connectivity index (χ0v) is 15.6. The molecule has 6 heteroatoms. The van der Waals surface area contributed by atoms with Crippen molar-refractivity contribution in [1.29, 1.82) is 0 Å². The molecule has 1 aromatic rings. The number of ether oxygens (including phenoxy) is 2. The summed E-state index contributed by atoms with van der Waals surface area (Å²) in [5.41, 5.74) is 0.111. The van der Waals surface area contributed by atoms with Crippen LogP contribution in [0.5, 0.6) is 11.5 Å². The van der Waals surface area contributed by atoms with Crippen molar-refractivity contribution in [3.63, 3.8) is 0 Å². The van der Waals surface area contributed by atoms with E-state index < -0.39 is 5.60 Å². The van der Waals surface area contributed by atoms with E-state index in [0.717, 1.165) is 31.2 Å². The zero-order valence-electron chi connectivity index (χ0n) is 15.6. The third kappa shape index (κ3) is 3.47. The number of piperidine rings is 1. The summed E-state index contributed by atoms with van der Waals surface area (Å²) in [6.45, 7) is 4.87. The molecular formula is C20H29NO5. The van der Waals surface area contributed by atoms with E-state index in [9.17, 15) is 15.0 Å². The first-order valence-corrected chi connectivity index (χ1v) is 9.61. The molecule has 1 aliphatic carbocycles. The second-order valence-corrected chi connectivity index (χ2v) is 7.20. The molecule has 0 aromatic heterocycles. The topological polar surface area (TPSA) is 79.2 Å². The van der Waals surface area contributed by atoms with Gasteiger partial charge in [-0.15, -0.1) is 0 Å². The van der Waals surface area contributed by atoms with E-state index in [1.54, 1.807) is 24.0 Å². The maximum atomic E-state index is 12.6. The first-order chi connectivity index (χ1) is 12.5. The number of rotatable bonds is 4. The number of hydrogen-bond acceptors (Lipinski definition) is 5. The SMILES string of the molecule is CCOC(=O)N1CC[C@]2(O)CCCC[C@@H]2[C@H]1c1ccc(O)c(OCC)c1. The van der Waals surface area contributed by atoms with Crippen molar-refractivity contribution in [2.24, 2.45) is 5.92 Å². The molecule has 26 heavy (non-hydrogen) atoms. The van der Waals surface area contributed by atoms with Gasteiger partial charge in [0.05, 0.1) is 24.9 Å². The summed E-state index contributed by atoms with van der Waals surface area (Å²) in [6.07, 6.45) is 3.90. The highest BCUT2D eigenvalue weighted by atomic mass is 16.6. The fraction of sp³-hybridized carbons (Fsp3) is 0.650. The van der Waals surface area contributed by atoms with Gasteiger partial charge in [-0.3, -0.25) is 0 Å². The first-order valence-electron chi connectivity index (χ1n) is 9.61. The van der Waals surface area contributed by atoms with Crippen LogP contribution in [0.4, 0.5) is 4.79 Å². The number of amides is 1. The molecule has 1 saturated carbocycles. The molecule has 2 aliphatic rings. The summed E-state index contributed by atoms with van der Waals surface area (Å²) < 4.78 is 10.8. The maximum absolute atomic E-state index is 12.6. The molecule has 2 fully saturated rings. The monoisotopic (exact) mass is 363 g/mol. The van der Waals surface area contributed by atoms with Crippen molar-refractivity contribution in [3.8, 4) is 11.5 Å². The summed E-state index contributed by atoms with van der Waals surface area (Å²) in [5, 5.41) is 21.2. The molecule has 0 unspecified atom stereocenters. The van der Waals surface area contributed by atoms with Crippen LogP contribution >= 0.6 is 0 Å². The van der Waals surface area contributed by atoms with Gasteiger partial charge in [-0.25, -0.2) is 4.79 Å². The highest BCUT2D eigenvalue weighted by Crippen LogP contribution is 2.50. The van der Waals surface area contributed by atoms with Crippen molar-refractivity contribution in [2.45, 2.75) is 57.6 Å². The smallest absolute Gasteiger partial charge is 0.410 e. The van der Waals surface area contributed by atoms with Gasteiger partial charge in [0.25, 0.3) is 0 Å². The van der Waals surface area contributed by atoms with E-state index in [2.05, 4.69) is 0 Å². The molecule has 3 rings (SSSR count). The average molecular weight is 363 g/mol. The number of fused-ring (bicyclic) bond motifs is 1. The minimum atomic E-state index is -0.754. The summed E-state index contributed by atoms with van der Waals surface area (Å²) >= 11 is 0. The highest BCUT2D eigenvalue weighted by Gasteiger charge is 2.50. The van der Waals surface area contributed by atoms with Crippen molar-refractivity contribution in [2.75, 3.05) is 19.8 Å². The molecule has 1 aromatic carbocycles. The zero-order chi connectivity index (χ0) is 18.7. The summed E-state index contributed by atoms with van der Waals surface area (Å²) in [5.74, 6) is 0.431. The van der Waals surface area contributed by atoms with E-state index in [0.29, 0.717) is 31.9 Å². The number of nitrogens with zero attached hydrogens (tertiary/aromatic N) is 1. The quantitative estimate of drug-likeness (QED) is 0.854. The lowest BCUT2D eigenvalue weighted by molar-refractivity contribution is -0.118. The number of likely N-dealkylation sites (tertiary alicyclic amines) is 1. The summed E-state index contributed by atoms with van der Waals surface area (Å²) in [4.78, 5) is 14.3. The van der Waals surface area contributed by atoms with Gasteiger partial charge < -0.3 is 24.6 Å². The van der Waals surface area contributed by atoms with Gasteiger partial charge in [0.1, 0.15) is 0 Å². The predicted octanol–water partition coefficient (Wildman–Crippen LogP) is 3.62. The Bertz CT molecular complexity index is 649. The van der Waals surface area contributed by atoms with Gasteiger partial charge in [-0.1, -0.05) is 18.9 Å². The van der Waals surface area contributed by atoms with Crippen molar-refractivity contribution in [1.82, 2.24) is 4.90 Å². The van der Waals surface area contributed by atoms with Gasteiger partial charge >= 0.3 is 6.09 Å². The van der Waals surface area contributed by atoms with Crippen LogP contribution in [0.15, 0.2) is 18.2 Å². The molecule has 1 amide bonds. The Balaban J connectivity index is 2.01. The van der Waals surface area contributed by atoms with Crippen molar-refractivity contribution >= 4 is 6.09 Å². The summed E-state index contributed by atoms with van der Waals surface area (Å²) in [7, 11) is 0. The molecule has 1 saturated heterocycles. The van der Waals surface area contributed by atoms with Crippen LogP contribution in [0.2, 0.25) is 0 Å². The van der Waals surface area contributed by atoms with Crippen molar-refractivity contribution < 1.29 is 24.5 Å². The Kier molecular flexibility index (Phi) is 5.61. The third-order valence-corrected chi connectivity index (χ3v) is 5.70. The lowest BCUT2D eigenvalue weighted by Crippen LogP contribution is -2.56. The van der Waals surface area contributed by atoms with E-state index in [1.165, 1.54) is 0 Å². The fourth-order valence-corrected chi connectivity index (χ4v) is 4.49. The van der Waals surface area contributed by atoms with Gasteiger partial charge in [-0.2, -0.15) is 0 Å². The van der Waals surface area contributed by atoms with Gasteiger partial charge in [-0.05, 0) is 50.8 Å². The molecular weight excluding hydrogens is 334 g/mol. The maximum Gasteiger partial charge on any atom is 0.410 e. The third-order valence-electron chi connectivity index (χ3n) is 5.70. The Morgan fingerprint density at radius 1 is 1.27 bits per heavy atom. The molecule has 3 atom stereocenters. The number of aromatic hydroxyl groups is 1. The van der Waals surface area contributed by atoms with Crippen LogP contribution in [0, 0.1) is 5.92 Å². The van der Waals surface area contributed by atoms with Crippen LogP contribution < -0.4 is 4.74 Å². The van der Waals surface area contributed by atoms with E-state index in [1.807, 2.05) is 13.0 Å². The second-order valence-electron chi connectivity index (χ2n) is 7.20. The van der Waals surface area contributed by atoms with Crippen LogP contribution in [0.1, 0.15) is 57.6 Å². The minimum Gasteiger partial charge on any atom is -0.504 e. The Labute approximate surface area is 154 Å². The Morgan fingerprint density at radius 3 is 2.81 bits per heavy atom. The molecule has 2 N–H and O–H groups in total. The van der Waals surface area contributed by atoms with E-state index in [4.69, 9.17) is 9.47 Å². The molecule has 0 bridgehead atoms. The van der Waals surface area contributed by atoms with Crippen LogP contribution in [0.25, 0.3) is 0 Å². The van der Waals surface area contributed by atoms with Gasteiger partial charge in [0.2, 0.25) is 0 Å². The number of hydrogen-bond donors (Lipinski definition) is 2.